The molecule has 0 radical (unpaired) electrons. The van der Waals surface area contributed by atoms with Crippen LogP contribution < -0.4 is 9.64 Å². The highest BCUT2D eigenvalue weighted by molar-refractivity contribution is 5.80. The topological polar surface area (TPSA) is 105 Å². The molecule has 2 saturated heterocycles. The molecule has 1 N–H and O–H groups in total. The number of anilines is 1. The molecule has 0 saturated carbocycles. The molecule has 0 aliphatic carbocycles. The monoisotopic (exact) mass is 424 g/mol. The van der Waals surface area contributed by atoms with E-state index in [9.17, 15) is 9.90 Å². The van der Waals surface area contributed by atoms with Crippen molar-refractivity contribution >= 4 is 17.6 Å². The number of carbonyl (C=O) groups is 1. The first-order valence-electron chi connectivity index (χ1n) is 10.2. The van der Waals surface area contributed by atoms with Gasteiger partial charge >= 0.3 is 6.09 Å². The molecule has 10 nitrogen and oxygen atoms in total. The minimum absolute atomic E-state index is 0.159. The Morgan fingerprint density at radius 1 is 1.29 bits per heavy atom. The smallest absolute Gasteiger partial charge is 0.407 e. The maximum absolute atomic E-state index is 11.8. The van der Waals surface area contributed by atoms with E-state index in [1.165, 1.54) is 0 Å². The Kier molecular flexibility index (Phi) is 4.66. The van der Waals surface area contributed by atoms with Crippen molar-refractivity contribution in [2.24, 2.45) is 5.41 Å². The largest absolute Gasteiger partial charge is 0.481 e. The molecule has 3 aromatic rings. The Labute approximate surface area is 179 Å². The van der Waals surface area contributed by atoms with Crippen LogP contribution in [0.4, 0.5) is 10.6 Å². The Hall–Kier alpha value is -3.40. The number of carboxylic acid groups (broad SMARTS) is 1. The van der Waals surface area contributed by atoms with Crippen LogP contribution in [-0.4, -0.2) is 81.7 Å². The Morgan fingerprint density at radius 2 is 2.13 bits per heavy atom. The Bertz CT molecular complexity index is 1130. The number of hydrogen-bond donors (Lipinski definition) is 1. The zero-order valence-electron chi connectivity index (χ0n) is 17.4. The molecule has 162 valence electrons. The van der Waals surface area contributed by atoms with Crippen LogP contribution in [0.3, 0.4) is 0 Å². The number of rotatable bonds is 4. The molecule has 5 heterocycles. The summed E-state index contributed by atoms with van der Waals surface area (Å²) in [5.74, 6) is 1.30. The van der Waals surface area contributed by atoms with E-state index in [1.807, 2.05) is 24.4 Å². The molecule has 0 aromatic carbocycles. The number of ether oxygens (including phenoxy) is 2. The SMILES string of the molecule is COc1ncccc1-c1cnn2ccc(N3CCN(C(=O)O)C(C4(C)COC4)C3)nc12. The molecule has 0 spiro atoms. The molecule has 31 heavy (non-hydrogen) atoms. The highest BCUT2D eigenvalue weighted by Gasteiger charge is 2.48. The van der Waals surface area contributed by atoms with Crippen molar-refractivity contribution in [3.05, 3.63) is 36.8 Å². The highest BCUT2D eigenvalue weighted by atomic mass is 16.5. The summed E-state index contributed by atoms with van der Waals surface area (Å²) in [6.07, 6.45) is 4.42. The van der Waals surface area contributed by atoms with Crippen LogP contribution in [0, 0.1) is 5.41 Å². The lowest BCUT2D eigenvalue weighted by Crippen LogP contribution is -2.65. The zero-order valence-corrected chi connectivity index (χ0v) is 17.4. The van der Waals surface area contributed by atoms with Gasteiger partial charge in [0.15, 0.2) is 5.65 Å². The molecule has 1 unspecified atom stereocenters. The number of piperazine rings is 1. The second-order valence-corrected chi connectivity index (χ2v) is 8.26. The number of nitrogens with zero attached hydrogens (tertiary/aromatic N) is 6. The summed E-state index contributed by atoms with van der Waals surface area (Å²) < 4.78 is 12.5. The van der Waals surface area contributed by atoms with Gasteiger partial charge in [0.25, 0.3) is 0 Å². The summed E-state index contributed by atoms with van der Waals surface area (Å²) in [5, 5.41) is 14.1. The molecule has 1 amide bonds. The van der Waals surface area contributed by atoms with Crippen molar-refractivity contribution in [2.45, 2.75) is 13.0 Å². The fourth-order valence-electron chi connectivity index (χ4n) is 4.42. The highest BCUT2D eigenvalue weighted by Crippen LogP contribution is 2.37. The normalized spacial score (nSPS) is 20.5. The summed E-state index contributed by atoms with van der Waals surface area (Å²) in [5.41, 5.74) is 2.15. The number of hydrogen-bond acceptors (Lipinski definition) is 7. The summed E-state index contributed by atoms with van der Waals surface area (Å²) in [7, 11) is 1.59. The van der Waals surface area contributed by atoms with Crippen molar-refractivity contribution < 1.29 is 19.4 Å². The molecular weight excluding hydrogens is 400 g/mol. The number of methoxy groups -OCH3 is 1. The van der Waals surface area contributed by atoms with Crippen LogP contribution in [-0.2, 0) is 4.74 Å². The maximum Gasteiger partial charge on any atom is 0.407 e. The van der Waals surface area contributed by atoms with Gasteiger partial charge in [-0.1, -0.05) is 6.92 Å². The van der Waals surface area contributed by atoms with Crippen molar-refractivity contribution in [3.63, 3.8) is 0 Å². The van der Waals surface area contributed by atoms with Gasteiger partial charge in [0.05, 0.1) is 38.1 Å². The molecule has 1 atom stereocenters. The van der Waals surface area contributed by atoms with Gasteiger partial charge in [-0.05, 0) is 18.2 Å². The minimum Gasteiger partial charge on any atom is -0.481 e. The lowest BCUT2D eigenvalue weighted by atomic mass is 9.78. The second kappa shape index (κ2) is 7.38. The first-order chi connectivity index (χ1) is 15.0. The summed E-state index contributed by atoms with van der Waals surface area (Å²) >= 11 is 0. The molecule has 5 rings (SSSR count). The third kappa shape index (κ3) is 3.23. The van der Waals surface area contributed by atoms with E-state index in [-0.39, 0.29) is 11.5 Å². The van der Waals surface area contributed by atoms with E-state index < -0.39 is 6.09 Å². The van der Waals surface area contributed by atoms with Crippen LogP contribution in [0.5, 0.6) is 5.88 Å². The van der Waals surface area contributed by atoms with Gasteiger partial charge in [0.2, 0.25) is 5.88 Å². The number of fused-ring (bicyclic) bond motifs is 1. The average Bonchev–Trinajstić information content (AvgIpc) is 3.20. The lowest BCUT2D eigenvalue weighted by molar-refractivity contribution is -0.140. The number of pyridine rings is 1. The fourth-order valence-corrected chi connectivity index (χ4v) is 4.42. The third-order valence-electron chi connectivity index (χ3n) is 6.23. The fraction of sp³-hybridized carbons (Fsp3) is 0.429. The molecule has 2 aliphatic rings. The predicted octanol–water partition coefficient (Wildman–Crippen LogP) is 2.00. The zero-order chi connectivity index (χ0) is 21.6. The molecule has 2 fully saturated rings. The van der Waals surface area contributed by atoms with E-state index in [0.717, 1.165) is 16.9 Å². The molecule has 2 aliphatic heterocycles. The summed E-state index contributed by atoms with van der Waals surface area (Å²) in [4.78, 5) is 24.7. The van der Waals surface area contributed by atoms with Crippen molar-refractivity contribution in [1.29, 1.82) is 0 Å². The van der Waals surface area contributed by atoms with Gasteiger partial charge in [-0.15, -0.1) is 0 Å². The van der Waals surface area contributed by atoms with E-state index in [4.69, 9.17) is 14.5 Å². The predicted molar refractivity (Wildman–Crippen MR) is 112 cm³/mol. The quantitative estimate of drug-likeness (QED) is 0.678. The van der Waals surface area contributed by atoms with Crippen LogP contribution in [0.1, 0.15) is 6.92 Å². The molecular formula is C21H24N6O4. The van der Waals surface area contributed by atoms with E-state index in [1.54, 1.807) is 28.9 Å². The van der Waals surface area contributed by atoms with Gasteiger partial charge in [-0.25, -0.2) is 19.3 Å². The van der Waals surface area contributed by atoms with E-state index >= 15 is 0 Å². The Balaban J connectivity index is 1.50. The minimum atomic E-state index is -0.886. The van der Waals surface area contributed by atoms with Crippen LogP contribution >= 0.6 is 0 Å². The van der Waals surface area contributed by atoms with Crippen LogP contribution in [0.25, 0.3) is 16.8 Å². The van der Waals surface area contributed by atoms with Gasteiger partial charge in [-0.3, -0.25) is 0 Å². The van der Waals surface area contributed by atoms with Crippen LogP contribution in [0.2, 0.25) is 0 Å². The second-order valence-electron chi connectivity index (χ2n) is 8.26. The van der Waals surface area contributed by atoms with Gasteiger partial charge in [0.1, 0.15) is 5.82 Å². The van der Waals surface area contributed by atoms with Gasteiger partial charge in [-0.2, -0.15) is 5.10 Å². The summed E-state index contributed by atoms with van der Waals surface area (Å²) in [6, 6.07) is 5.53. The van der Waals surface area contributed by atoms with Crippen LogP contribution in [0.15, 0.2) is 36.8 Å². The van der Waals surface area contributed by atoms with Gasteiger partial charge < -0.3 is 24.4 Å². The lowest BCUT2D eigenvalue weighted by Gasteiger charge is -2.52. The first-order valence-corrected chi connectivity index (χ1v) is 10.2. The van der Waals surface area contributed by atoms with E-state index in [2.05, 4.69) is 21.9 Å². The summed E-state index contributed by atoms with van der Waals surface area (Å²) in [6.45, 7) is 4.77. The third-order valence-corrected chi connectivity index (χ3v) is 6.23. The van der Waals surface area contributed by atoms with E-state index in [0.29, 0.717) is 44.4 Å². The standard InChI is InChI=1S/C21H24N6O4/c1-21(12-31-13-21)16-11-25(8-9-26(16)20(28)29)17-5-7-27-18(24-17)15(10-23-27)14-4-3-6-22-19(14)30-2/h3-7,10,16H,8-9,11-13H2,1-2H3,(H,28,29). The maximum atomic E-state index is 11.8. The van der Waals surface area contributed by atoms with Crippen molar-refractivity contribution in [3.8, 4) is 17.0 Å². The number of aromatic nitrogens is 4. The average molecular weight is 424 g/mol. The first kappa shape index (κ1) is 19.6. The van der Waals surface area contributed by atoms with Gasteiger partial charge in [0, 0.05) is 43.0 Å². The van der Waals surface area contributed by atoms with Crippen molar-refractivity contribution in [1.82, 2.24) is 24.5 Å². The molecule has 0 bridgehead atoms. The van der Waals surface area contributed by atoms with Crippen molar-refractivity contribution in [2.75, 3.05) is 44.9 Å². The molecule has 3 aromatic heterocycles. The number of amides is 1. The molecule has 10 heteroatoms. The Morgan fingerprint density at radius 3 is 2.84 bits per heavy atom.